The highest BCUT2D eigenvalue weighted by Gasteiger charge is 2.00. The maximum absolute atomic E-state index is 4.26. The number of hydrogen-bond acceptors (Lipinski definition) is 3. The molecule has 0 saturated heterocycles. The largest absolute Gasteiger partial charge is 0.337 e. The molecule has 0 fully saturated rings. The van der Waals surface area contributed by atoms with E-state index in [2.05, 4.69) is 22.3 Å². The van der Waals surface area contributed by atoms with Crippen LogP contribution < -0.4 is 5.32 Å². The summed E-state index contributed by atoms with van der Waals surface area (Å²) < 4.78 is 1.88. The van der Waals surface area contributed by atoms with Crippen LogP contribution in [0.25, 0.3) is 0 Å². The Bertz CT molecular complexity index is 447. The van der Waals surface area contributed by atoms with Crippen molar-refractivity contribution in [1.82, 2.24) is 14.8 Å². The molecule has 2 aromatic rings. The lowest BCUT2D eigenvalue weighted by Gasteiger charge is -2.04. The summed E-state index contributed by atoms with van der Waals surface area (Å²) in [5.41, 5.74) is 2.10. The predicted molar refractivity (Wildman–Crippen MR) is 60.2 cm³/mol. The van der Waals surface area contributed by atoms with E-state index in [1.807, 2.05) is 29.9 Å². The third kappa shape index (κ3) is 2.15. The third-order valence-corrected chi connectivity index (χ3v) is 2.23. The maximum atomic E-state index is 4.26. The van der Waals surface area contributed by atoms with Crippen molar-refractivity contribution in [2.24, 2.45) is 0 Å². The Hall–Kier alpha value is -1.84. The first-order valence-electron chi connectivity index (χ1n) is 5.00. The first-order chi connectivity index (χ1) is 7.29. The van der Waals surface area contributed by atoms with Crippen LogP contribution in [0.5, 0.6) is 0 Å². The lowest BCUT2D eigenvalue weighted by Crippen LogP contribution is -1.95. The first kappa shape index (κ1) is 9.71. The standard InChI is InChI=1S/C11H14N4/c1-3-15-8-10(7-13-15)14-11-9(2)5-4-6-12-11/h4-8H,3H2,1-2H3,(H,12,14). The van der Waals surface area contributed by atoms with Gasteiger partial charge in [0.1, 0.15) is 5.82 Å². The number of aryl methyl sites for hydroxylation is 2. The van der Waals surface area contributed by atoms with Gasteiger partial charge in [0, 0.05) is 18.9 Å². The summed E-state index contributed by atoms with van der Waals surface area (Å²) in [6.45, 7) is 4.96. The molecule has 0 aliphatic carbocycles. The summed E-state index contributed by atoms with van der Waals surface area (Å²) in [7, 11) is 0. The Kier molecular flexibility index (Phi) is 2.67. The predicted octanol–water partition coefficient (Wildman–Crippen LogP) is 2.35. The molecule has 0 unspecified atom stereocenters. The summed E-state index contributed by atoms with van der Waals surface area (Å²) in [5.74, 6) is 0.883. The summed E-state index contributed by atoms with van der Waals surface area (Å²) in [6.07, 6.45) is 5.55. The molecule has 2 aromatic heterocycles. The second-order valence-corrected chi connectivity index (χ2v) is 3.38. The van der Waals surface area contributed by atoms with Gasteiger partial charge in [-0.05, 0) is 25.5 Å². The highest BCUT2D eigenvalue weighted by Crippen LogP contribution is 2.16. The van der Waals surface area contributed by atoms with Crippen molar-refractivity contribution in [3.8, 4) is 0 Å². The number of aromatic nitrogens is 3. The quantitative estimate of drug-likeness (QED) is 0.830. The van der Waals surface area contributed by atoms with E-state index in [0.717, 1.165) is 23.6 Å². The molecule has 78 valence electrons. The molecule has 15 heavy (non-hydrogen) atoms. The van der Waals surface area contributed by atoms with Crippen molar-refractivity contribution in [2.45, 2.75) is 20.4 Å². The summed E-state index contributed by atoms with van der Waals surface area (Å²) in [4.78, 5) is 4.26. The fourth-order valence-corrected chi connectivity index (χ4v) is 1.35. The van der Waals surface area contributed by atoms with Crippen LogP contribution in [0.15, 0.2) is 30.7 Å². The van der Waals surface area contributed by atoms with Crippen molar-refractivity contribution in [3.05, 3.63) is 36.3 Å². The number of anilines is 2. The molecule has 0 radical (unpaired) electrons. The Morgan fingerprint density at radius 2 is 2.33 bits per heavy atom. The third-order valence-electron chi connectivity index (χ3n) is 2.23. The van der Waals surface area contributed by atoms with Crippen molar-refractivity contribution in [2.75, 3.05) is 5.32 Å². The van der Waals surface area contributed by atoms with Gasteiger partial charge in [-0.1, -0.05) is 6.07 Å². The van der Waals surface area contributed by atoms with E-state index in [-0.39, 0.29) is 0 Å². The number of nitrogens with zero attached hydrogens (tertiary/aromatic N) is 3. The van der Waals surface area contributed by atoms with Crippen LogP contribution in [0.4, 0.5) is 11.5 Å². The Morgan fingerprint density at radius 3 is 3.00 bits per heavy atom. The van der Waals surface area contributed by atoms with Crippen LogP contribution in [0.2, 0.25) is 0 Å². The Labute approximate surface area is 89.0 Å². The van der Waals surface area contributed by atoms with Gasteiger partial charge in [-0.25, -0.2) is 4.98 Å². The molecule has 0 aliphatic rings. The van der Waals surface area contributed by atoms with E-state index in [4.69, 9.17) is 0 Å². The first-order valence-corrected chi connectivity index (χ1v) is 5.00. The molecule has 0 aromatic carbocycles. The van der Waals surface area contributed by atoms with Gasteiger partial charge in [-0.2, -0.15) is 5.10 Å². The van der Waals surface area contributed by atoms with E-state index in [1.165, 1.54) is 0 Å². The van der Waals surface area contributed by atoms with Crippen LogP contribution in [0.3, 0.4) is 0 Å². The molecular formula is C11H14N4. The minimum atomic E-state index is 0.878. The fourth-order valence-electron chi connectivity index (χ4n) is 1.35. The zero-order valence-corrected chi connectivity index (χ0v) is 8.94. The van der Waals surface area contributed by atoms with Gasteiger partial charge < -0.3 is 5.32 Å². The average Bonchev–Trinajstić information content (AvgIpc) is 2.69. The van der Waals surface area contributed by atoms with Gasteiger partial charge in [0.2, 0.25) is 0 Å². The number of nitrogens with one attached hydrogen (secondary N) is 1. The molecule has 4 heteroatoms. The van der Waals surface area contributed by atoms with Gasteiger partial charge in [0.15, 0.2) is 0 Å². The molecule has 0 saturated carbocycles. The zero-order valence-electron chi connectivity index (χ0n) is 8.94. The monoisotopic (exact) mass is 202 g/mol. The Morgan fingerprint density at radius 1 is 1.47 bits per heavy atom. The Balaban J connectivity index is 2.18. The zero-order chi connectivity index (χ0) is 10.7. The molecule has 4 nitrogen and oxygen atoms in total. The highest BCUT2D eigenvalue weighted by molar-refractivity contribution is 5.57. The molecule has 1 N–H and O–H groups in total. The SMILES string of the molecule is CCn1cc(Nc2ncccc2C)cn1. The molecule has 0 spiro atoms. The second kappa shape index (κ2) is 4.13. The van der Waals surface area contributed by atoms with Crippen molar-refractivity contribution in [3.63, 3.8) is 0 Å². The smallest absolute Gasteiger partial charge is 0.133 e. The van der Waals surface area contributed by atoms with Gasteiger partial charge in [-0.15, -0.1) is 0 Å². The lowest BCUT2D eigenvalue weighted by molar-refractivity contribution is 0.660. The van der Waals surface area contributed by atoms with Gasteiger partial charge in [-0.3, -0.25) is 4.68 Å². The molecule has 0 amide bonds. The number of hydrogen-bond donors (Lipinski definition) is 1. The van der Waals surface area contributed by atoms with Gasteiger partial charge in [0.25, 0.3) is 0 Å². The highest BCUT2D eigenvalue weighted by atomic mass is 15.3. The van der Waals surface area contributed by atoms with E-state index in [1.54, 1.807) is 12.4 Å². The molecule has 0 atom stereocenters. The second-order valence-electron chi connectivity index (χ2n) is 3.38. The molecule has 0 bridgehead atoms. The van der Waals surface area contributed by atoms with Gasteiger partial charge in [0.05, 0.1) is 11.9 Å². The van der Waals surface area contributed by atoms with Crippen molar-refractivity contribution >= 4 is 11.5 Å². The van der Waals surface area contributed by atoms with E-state index < -0.39 is 0 Å². The fraction of sp³-hybridized carbons (Fsp3) is 0.273. The summed E-state index contributed by atoms with van der Waals surface area (Å²) in [6, 6.07) is 3.95. The molecular weight excluding hydrogens is 188 g/mol. The molecule has 0 aliphatic heterocycles. The maximum Gasteiger partial charge on any atom is 0.133 e. The van der Waals surface area contributed by atoms with E-state index in [9.17, 15) is 0 Å². The van der Waals surface area contributed by atoms with Crippen LogP contribution >= 0.6 is 0 Å². The van der Waals surface area contributed by atoms with E-state index in [0.29, 0.717) is 0 Å². The molecule has 2 heterocycles. The molecule has 2 rings (SSSR count). The number of rotatable bonds is 3. The van der Waals surface area contributed by atoms with Crippen LogP contribution in [-0.2, 0) is 6.54 Å². The van der Waals surface area contributed by atoms with Crippen LogP contribution in [-0.4, -0.2) is 14.8 Å². The van der Waals surface area contributed by atoms with E-state index >= 15 is 0 Å². The minimum Gasteiger partial charge on any atom is -0.337 e. The van der Waals surface area contributed by atoms with Crippen molar-refractivity contribution in [1.29, 1.82) is 0 Å². The minimum absolute atomic E-state index is 0.878. The topological polar surface area (TPSA) is 42.7 Å². The van der Waals surface area contributed by atoms with Crippen LogP contribution in [0, 0.1) is 6.92 Å². The van der Waals surface area contributed by atoms with Gasteiger partial charge >= 0.3 is 0 Å². The van der Waals surface area contributed by atoms with Crippen LogP contribution in [0.1, 0.15) is 12.5 Å². The van der Waals surface area contributed by atoms with Crippen molar-refractivity contribution < 1.29 is 0 Å². The lowest BCUT2D eigenvalue weighted by atomic mass is 10.3. The summed E-state index contributed by atoms with van der Waals surface area (Å²) in [5, 5.41) is 7.42. The average molecular weight is 202 g/mol. The summed E-state index contributed by atoms with van der Waals surface area (Å²) >= 11 is 0. The number of pyridine rings is 1. The normalized spacial score (nSPS) is 10.3.